The van der Waals surface area contributed by atoms with Crippen molar-refractivity contribution >= 4 is 52.1 Å². The van der Waals surface area contributed by atoms with Crippen LogP contribution in [0.25, 0.3) is 0 Å². The first-order chi connectivity index (χ1) is 12.4. The van der Waals surface area contributed by atoms with Gasteiger partial charge >= 0.3 is 0 Å². The van der Waals surface area contributed by atoms with Crippen LogP contribution in [0.1, 0.15) is 6.42 Å². The van der Waals surface area contributed by atoms with Crippen LogP contribution in [0.5, 0.6) is 0 Å². The van der Waals surface area contributed by atoms with Crippen LogP contribution in [-0.4, -0.2) is 32.5 Å². The van der Waals surface area contributed by atoms with E-state index < -0.39 is 5.92 Å². The number of hydrogen-bond acceptors (Lipinski definition) is 3. The Morgan fingerprint density at radius 3 is 2.31 bits per heavy atom. The van der Waals surface area contributed by atoms with Crippen molar-refractivity contribution in [1.29, 1.82) is 0 Å². The van der Waals surface area contributed by atoms with Gasteiger partial charge < -0.3 is 15.1 Å². The number of halogens is 2. The Morgan fingerprint density at radius 2 is 1.73 bits per heavy atom. The van der Waals surface area contributed by atoms with Crippen molar-refractivity contribution in [3.8, 4) is 0 Å². The zero-order valence-corrected chi connectivity index (χ0v) is 16.0. The van der Waals surface area contributed by atoms with E-state index in [4.69, 9.17) is 23.2 Å². The van der Waals surface area contributed by atoms with Gasteiger partial charge in [-0.1, -0.05) is 29.3 Å². The van der Waals surface area contributed by atoms with Gasteiger partial charge in [-0.3, -0.25) is 9.59 Å². The second-order valence-electron chi connectivity index (χ2n) is 6.40. The summed E-state index contributed by atoms with van der Waals surface area (Å²) in [6.07, 6.45) is 0.156. The summed E-state index contributed by atoms with van der Waals surface area (Å²) in [6, 6.07) is 12.7. The first kappa shape index (κ1) is 18.5. The summed E-state index contributed by atoms with van der Waals surface area (Å²) in [5.74, 6) is -0.794. The number of benzene rings is 2. The van der Waals surface area contributed by atoms with Gasteiger partial charge in [0.15, 0.2) is 0 Å². The standard InChI is InChI=1S/C19H19Cl2N3O2/c1-23(2)13-6-8-14(9-7-13)24-11-12(10-17(24)25)19(26)22-18-15(20)4-3-5-16(18)21/h3-9,12H,10-11H2,1-2H3,(H,22,26). The number of carbonyl (C=O) groups is 2. The molecule has 0 spiro atoms. The third-order valence-electron chi connectivity index (χ3n) is 4.38. The second kappa shape index (κ2) is 7.56. The molecule has 1 aliphatic rings. The molecule has 1 unspecified atom stereocenters. The summed E-state index contributed by atoms with van der Waals surface area (Å²) >= 11 is 12.2. The molecule has 0 saturated carbocycles. The molecule has 3 rings (SSSR count). The summed E-state index contributed by atoms with van der Waals surface area (Å²) in [4.78, 5) is 28.6. The molecule has 7 heteroatoms. The molecule has 0 aliphatic carbocycles. The van der Waals surface area contributed by atoms with Crippen molar-refractivity contribution < 1.29 is 9.59 Å². The lowest BCUT2D eigenvalue weighted by Crippen LogP contribution is -2.28. The number of anilines is 3. The number of nitrogens with zero attached hydrogens (tertiary/aromatic N) is 2. The minimum Gasteiger partial charge on any atom is -0.378 e. The fourth-order valence-electron chi connectivity index (χ4n) is 2.91. The van der Waals surface area contributed by atoms with Crippen molar-refractivity contribution in [2.45, 2.75) is 6.42 Å². The number of rotatable bonds is 4. The summed E-state index contributed by atoms with van der Waals surface area (Å²) in [5, 5.41) is 3.48. The minimum absolute atomic E-state index is 0.0759. The smallest absolute Gasteiger partial charge is 0.229 e. The molecular weight excluding hydrogens is 373 g/mol. The van der Waals surface area contributed by atoms with Crippen LogP contribution in [0, 0.1) is 5.92 Å². The van der Waals surface area contributed by atoms with Gasteiger partial charge in [0.1, 0.15) is 0 Å². The predicted octanol–water partition coefficient (Wildman–Crippen LogP) is 4.05. The Balaban J connectivity index is 1.72. The maximum atomic E-state index is 12.6. The number of nitrogens with one attached hydrogen (secondary N) is 1. The van der Waals surface area contributed by atoms with E-state index in [1.165, 1.54) is 0 Å². The van der Waals surface area contributed by atoms with Gasteiger partial charge in [0.2, 0.25) is 11.8 Å². The lowest BCUT2D eigenvalue weighted by molar-refractivity contribution is -0.122. The van der Waals surface area contributed by atoms with E-state index in [1.807, 2.05) is 43.3 Å². The number of carbonyl (C=O) groups excluding carboxylic acids is 2. The van der Waals surface area contributed by atoms with Gasteiger partial charge in [-0.15, -0.1) is 0 Å². The number of amides is 2. The molecule has 136 valence electrons. The van der Waals surface area contributed by atoms with E-state index in [9.17, 15) is 9.59 Å². The van der Waals surface area contributed by atoms with Crippen LogP contribution in [0.4, 0.5) is 17.1 Å². The Bertz CT molecular complexity index is 817. The zero-order valence-electron chi connectivity index (χ0n) is 14.5. The largest absolute Gasteiger partial charge is 0.378 e. The fourth-order valence-corrected chi connectivity index (χ4v) is 3.40. The molecule has 5 nitrogen and oxygen atoms in total. The highest BCUT2D eigenvalue weighted by molar-refractivity contribution is 6.39. The van der Waals surface area contributed by atoms with Gasteiger partial charge in [-0.25, -0.2) is 0 Å². The quantitative estimate of drug-likeness (QED) is 0.854. The van der Waals surface area contributed by atoms with Crippen LogP contribution in [-0.2, 0) is 9.59 Å². The van der Waals surface area contributed by atoms with Crippen molar-refractivity contribution in [3.05, 3.63) is 52.5 Å². The third kappa shape index (κ3) is 3.79. The van der Waals surface area contributed by atoms with Crippen LogP contribution in [0.15, 0.2) is 42.5 Å². The fraction of sp³-hybridized carbons (Fsp3) is 0.263. The molecule has 0 aromatic heterocycles. The van der Waals surface area contributed by atoms with Crippen molar-refractivity contribution in [2.75, 3.05) is 35.8 Å². The molecule has 1 aliphatic heterocycles. The first-order valence-corrected chi connectivity index (χ1v) is 8.95. The van der Waals surface area contributed by atoms with E-state index in [-0.39, 0.29) is 18.2 Å². The Labute approximate surface area is 162 Å². The minimum atomic E-state index is -0.455. The van der Waals surface area contributed by atoms with E-state index in [0.29, 0.717) is 22.3 Å². The maximum Gasteiger partial charge on any atom is 0.229 e. The van der Waals surface area contributed by atoms with E-state index in [1.54, 1.807) is 23.1 Å². The third-order valence-corrected chi connectivity index (χ3v) is 5.01. The molecule has 1 atom stereocenters. The van der Waals surface area contributed by atoms with Gasteiger partial charge in [0, 0.05) is 38.4 Å². The SMILES string of the molecule is CN(C)c1ccc(N2CC(C(=O)Nc3c(Cl)cccc3Cl)CC2=O)cc1. The Kier molecular flexibility index (Phi) is 5.39. The van der Waals surface area contributed by atoms with E-state index in [0.717, 1.165) is 11.4 Å². The summed E-state index contributed by atoms with van der Waals surface area (Å²) < 4.78 is 0. The summed E-state index contributed by atoms with van der Waals surface area (Å²) in [7, 11) is 3.91. The highest BCUT2D eigenvalue weighted by Crippen LogP contribution is 2.32. The molecule has 26 heavy (non-hydrogen) atoms. The van der Waals surface area contributed by atoms with Crippen molar-refractivity contribution in [1.82, 2.24) is 0 Å². The van der Waals surface area contributed by atoms with E-state index in [2.05, 4.69) is 5.32 Å². The van der Waals surface area contributed by atoms with Crippen LogP contribution < -0.4 is 15.1 Å². The maximum absolute atomic E-state index is 12.6. The number of hydrogen-bond donors (Lipinski definition) is 1. The van der Waals surface area contributed by atoms with Gasteiger partial charge in [0.25, 0.3) is 0 Å². The van der Waals surface area contributed by atoms with Gasteiger partial charge in [0.05, 0.1) is 21.7 Å². The summed E-state index contributed by atoms with van der Waals surface area (Å²) in [6.45, 7) is 0.327. The molecule has 0 bridgehead atoms. The molecule has 1 N–H and O–H groups in total. The molecule has 1 heterocycles. The van der Waals surface area contributed by atoms with Gasteiger partial charge in [-0.05, 0) is 36.4 Å². The monoisotopic (exact) mass is 391 g/mol. The molecule has 2 amide bonds. The lowest BCUT2D eigenvalue weighted by Gasteiger charge is -2.19. The molecule has 2 aromatic carbocycles. The van der Waals surface area contributed by atoms with Crippen LogP contribution in [0.2, 0.25) is 10.0 Å². The first-order valence-electron chi connectivity index (χ1n) is 8.19. The molecule has 1 fully saturated rings. The Hall–Kier alpha value is -2.24. The van der Waals surface area contributed by atoms with Crippen LogP contribution >= 0.6 is 23.2 Å². The van der Waals surface area contributed by atoms with E-state index >= 15 is 0 Å². The topological polar surface area (TPSA) is 52.6 Å². The molecule has 0 radical (unpaired) electrons. The normalized spacial score (nSPS) is 16.7. The Morgan fingerprint density at radius 1 is 1.12 bits per heavy atom. The molecular formula is C19H19Cl2N3O2. The molecule has 2 aromatic rings. The predicted molar refractivity (Wildman–Crippen MR) is 106 cm³/mol. The lowest BCUT2D eigenvalue weighted by atomic mass is 10.1. The van der Waals surface area contributed by atoms with Crippen molar-refractivity contribution in [3.63, 3.8) is 0 Å². The van der Waals surface area contributed by atoms with Crippen LogP contribution in [0.3, 0.4) is 0 Å². The average molecular weight is 392 g/mol. The highest BCUT2D eigenvalue weighted by atomic mass is 35.5. The van der Waals surface area contributed by atoms with Crippen molar-refractivity contribution in [2.24, 2.45) is 5.92 Å². The second-order valence-corrected chi connectivity index (χ2v) is 7.22. The summed E-state index contributed by atoms with van der Waals surface area (Å²) in [5.41, 5.74) is 2.21. The van der Waals surface area contributed by atoms with Gasteiger partial charge in [-0.2, -0.15) is 0 Å². The number of para-hydroxylation sites is 1. The zero-order chi connectivity index (χ0) is 18.8. The molecule has 1 saturated heterocycles. The average Bonchev–Trinajstić information content (AvgIpc) is 3.00. The highest BCUT2D eigenvalue weighted by Gasteiger charge is 2.35.